The molecular formula is C32H32FN3O5S. The maximum atomic E-state index is 14.0. The van der Waals surface area contributed by atoms with Crippen LogP contribution in [-0.4, -0.2) is 44.0 Å². The Bertz CT molecular complexity index is 1690. The molecule has 0 unspecified atom stereocenters. The van der Waals surface area contributed by atoms with Crippen molar-refractivity contribution in [3.8, 4) is 11.8 Å². The minimum absolute atomic E-state index is 0.00507. The molecule has 0 aliphatic carbocycles. The van der Waals surface area contributed by atoms with Crippen molar-refractivity contribution < 1.29 is 27.8 Å². The van der Waals surface area contributed by atoms with Gasteiger partial charge in [-0.25, -0.2) is 13.6 Å². The van der Waals surface area contributed by atoms with E-state index in [1.54, 1.807) is 36.4 Å². The van der Waals surface area contributed by atoms with E-state index in [9.17, 15) is 27.8 Å². The first-order chi connectivity index (χ1) is 19.8. The van der Waals surface area contributed by atoms with Crippen LogP contribution < -0.4 is 5.73 Å². The topological polar surface area (TPSA) is 137 Å². The normalized spacial score (nSPS) is 10.9. The van der Waals surface area contributed by atoms with Gasteiger partial charge in [0.25, 0.3) is 5.91 Å². The lowest BCUT2D eigenvalue weighted by atomic mass is 10.0. The molecule has 0 aliphatic heterocycles. The monoisotopic (exact) mass is 589 g/mol. The van der Waals surface area contributed by atoms with Crippen LogP contribution in [0.4, 0.5) is 10.2 Å². The second-order valence-electron chi connectivity index (χ2n) is 10.1. The molecule has 0 aliphatic rings. The summed E-state index contributed by atoms with van der Waals surface area (Å²) in [6.45, 7) is 4.54. The molecule has 0 fully saturated rings. The molecule has 2 N–H and O–H groups in total. The zero-order valence-corrected chi connectivity index (χ0v) is 24.6. The predicted octanol–water partition coefficient (Wildman–Crippen LogP) is 4.43. The number of aryl methyl sites for hydroxylation is 1. The summed E-state index contributed by atoms with van der Waals surface area (Å²) in [4.78, 5) is 52.2. The minimum atomic E-state index is -3.14. The number of amides is 1. The van der Waals surface area contributed by atoms with Gasteiger partial charge >= 0.3 is 0 Å². The first kappa shape index (κ1) is 32.0. The molecule has 218 valence electrons. The van der Waals surface area contributed by atoms with Crippen LogP contribution in [0.5, 0.6) is 0 Å². The average molecular weight is 590 g/mol. The van der Waals surface area contributed by atoms with Gasteiger partial charge in [0.2, 0.25) is 0 Å². The fourth-order valence-electron chi connectivity index (χ4n) is 3.88. The maximum absolute atomic E-state index is 14.0. The number of carbonyl (C=O) groups excluding carboxylic acids is 4. The third kappa shape index (κ3) is 9.85. The summed E-state index contributed by atoms with van der Waals surface area (Å²) in [7, 11) is -3.14. The summed E-state index contributed by atoms with van der Waals surface area (Å²) in [6.07, 6.45) is 1.31. The number of ketones is 3. The Morgan fingerprint density at radius 1 is 0.929 bits per heavy atom. The molecule has 3 rings (SSSR count). The van der Waals surface area contributed by atoms with Crippen molar-refractivity contribution in [3.05, 3.63) is 93.9 Å². The van der Waals surface area contributed by atoms with Crippen molar-refractivity contribution in [2.45, 2.75) is 46.5 Å². The summed E-state index contributed by atoms with van der Waals surface area (Å²) < 4.78 is 31.1. The summed E-state index contributed by atoms with van der Waals surface area (Å²) >= 11 is 0. The average Bonchev–Trinajstić information content (AvgIpc) is 2.93. The van der Waals surface area contributed by atoms with Crippen molar-refractivity contribution in [3.63, 3.8) is 0 Å². The first-order valence-electron chi connectivity index (χ1n) is 13.2. The Hall–Kier alpha value is -4.49. The lowest BCUT2D eigenvalue weighted by molar-refractivity contribution is -0.118. The molecule has 1 aromatic heterocycles. The number of hydrogen-bond acceptors (Lipinski definition) is 7. The van der Waals surface area contributed by atoms with Crippen LogP contribution >= 0.6 is 0 Å². The first-order valence-corrected chi connectivity index (χ1v) is 15.1. The van der Waals surface area contributed by atoms with E-state index in [-0.39, 0.29) is 71.5 Å². The summed E-state index contributed by atoms with van der Waals surface area (Å²) in [5.41, 5.74) is 8.86. The van der Waals surface area contributed by atoms with Crippen LogP contribution in [-0.2, 0) is 37.0 Å². The quantitative estimate of drug-likeness (QED) is 0.327. The van der Waals surface area contributed by atoms with Crippen LogP contribution in [0.2, 0.25) is 0 Å². The molecule has 42 heavy (non-hydrogen) atoms. The van der Waals surface area contributed by atoms with Crippen molar-refractivity contribution >= 4 is 38.8 Å². The molecule has 3 aromatic rings. The SMILES string of the molecule is CC(=O)CCS(=O)(CCC(C)=O)=NC(=O)c1cnc(N)c(C#Cc2ccc(CC(=O)Cc3cc(C)ccc3F)cc2)c1. The Morgan fingerprint density at radius 2 is 1.57 bits per heavy atom. The highest BCUT2D eigenvalue weighted by Gasteiger charge is 2.17. The Kier molecular flexibility index (Phi) is 11.0. The molecule has 8 nitrogen and oxygen atoms in total. The zero-order valence-electron chi connectivity index (χ0n) is 23.7. The number of Topliss-reactive ketones (excluding diaryl/α,β-unsaturated/α-hetero) is 3. The fourth-order valence-corrected chi connectivity index (χ4v) is 5.89. The third-order valence-corrected chi connectivity index (χ3v) is 8.43. The van der Waals surface area contributed by atoms with Crippen molar-refractivity contribution in [1.82, 2.24) is 4.98 Å². The van der Waals surface area contributed by atoms with Crippen LogP contribution in [0, 0.1) is 24.6 Å². The van der Waals surface area contributed by atoms with E-state index in [4.69, 9.17) is 5.73 Å². The van der Waals surface area contributed by atoms with E-state index in [2.05, 4.69) is 21.2 Å². The number of nitrogens with zero attached hydrogens (tertiary/aromatic N) is 2. The fraction of sp³-hybridized carbons (Fsp3) is 0.281. The zero-order chi connectivity index (χ0) is 30.9. The number of pyridine rings is 1. The number of anilines is 1. The molecule has 1 heterocycles. The molecule has 1 amide bonds. The van der Waals surface area contributed by atoms with Crippen LogP contribution in [0.25, 0.3) is 0 Å². The third-order valence-electron chi connectivity index (χ3n) is 6.25. The van der Waals surface area contributed by atoms with Gasteiger partial charge in [-0.2, -0.15) is 4.36 Å². The Labute approximate surface area is 245 Å². The lowest BCUT2D eigenvalue weighted by Crippen LogP contribution is -2.17. The molecule has 0 saturated carbocycles. The smallest absolute Gasteiger partial charge is 0.286 e. The lowest BCUT2D eigenvalue weighted by Gasteiger charge is -2.08. The molecule has 0 spiro atoms. The number of carbonyl (C=O) groups is 4. The van der Waals surface area contributed by atoms with E-state index < -0.39 is 21.5 Å². The van der Waals surface area contributed by atoms with Gasteiger partial charge in [0.05, 0.1) is 20.9 Å². The molecule has 0 radical (unpaired) electrons. The second kappa shape index (κ2) is 14.4. The number of halogens is 1. The van der Waals surface area contributed by atoms with Gasteiger partial charge in [0.1, 0.15) is 29.0 Å². The Morgan fingerprint density at radius 3 is 2.19 bits per heavy atom. The highest BCUT2D eigenvalue weighted by molar-refractivity contribution is 7.93. The van der Waals surface area contributed by atoms with E-state index in [1.165, 1.54) is 32.2 Å². The van der Waals surface area contributed by atoms with Gasteiger partial charge in [0, 0.05) is 48.9 Å². The predicted molar refractivity (Wildman–Crippen MR) is 160 cm³/mol. The van der Waals surface area contributed by atoms with E-state index in [0.29, 0.717) is 11.1 Å². The highest BCUT2D eigenvalue weighted by atomic mass is 32.2. The van der Waals surface area contributed by atoms with Crippen molar-refractivity contribution in [2.75, 3.05) is 17.2 Å². The minimum Gasteiger partial charge on any atom is -0.383 e. The van der Waals surface area contributed by atoms with Gasteiger partial charge in [-0.15, -0.1) is 0 Å². The van der Waals surface area contributed by atoms with Crippen LogP contribution in [0.3, 0.4) is 0 Å². The summed E-state index contributed by atoms with van der Waals surface area (Å²) in [5, 5.41) is 0. The van der Waals surface area contributed by atoms with Gasteiger partial charge in [-0.1, -0.05) is 41.7 Å². The number of nitrogen functional groups attached to an aromatic ring is 1. The number of aromatic nitrogens is 1. The number of benzene rings is 2. The molecule has 0 bridgehead atoms. The summed E-state index contributed by atoms with van der Waals surface area (Å²) in [6, 6.07) is 13.1. The largest absolute Gasteiger partial charge is 0.383 e. The molecule has 0 saturated heterocycles. The number of rotatable bonds is 11. The molecule has 2 aromatic carbocycles. The van der Waals surface area contributed by atoms with Gasteiger partial charge in [0.15, 0.2) is 0 Å². The van der Waals surface area contributed by atoms with E-state index in [1.807, 2.05) is 6.92 Å². The second-order valence-corrected chi connectivity index (χ2v) is 12.6. The van der Waals surface area contributed by atoms with Crippen LogP contribution in [0.1, 0.15) is 64.9 Å². The number of nitrogens with two attached hydrogens (primary N) is 1. The summed E-state index contributed by atoms with van der Waals surface area (Å²) in [5.74, 6) is 3.93. The highest BCUT2D eigenvalue weighted by Crippen LogP contribution is 2.15. The van der Waals surface area contributed by atoms with Gasteiger partial charge in [-0.05, 0) is 56.2 Å². The van der Waals surface area contributed by atoms with Crippen molar-refractivity contribution in [1.29, 1.82) is 0 Å². The molecule has 0 atom stereocenters. The van der Waals surface area contributed by atoms with Gasteiger partial charge < -0.3 is 5.73 Å². The standard InChI is InChI=1S/C32H32FN3O5S/c1-21-4-11-30(33)27(16-21)19-29(39)17-25-7-5-24(6-8-25)9-10-26-18-28(20-35-31(26)34)32(40)36-42(41,14-12-22(2)37)15-13-23(3)38/h4-8,11,16,18,20H,12-15,17,19H2,1-3H3,(H2,34,35). The van der Waals surface area contributed by atoms with E-state index >= 15 is 0 Å². The molecule has 10 heteroatoms. The van der Waals surface area contributed by atoms with Gasteiger partial charge in [-0.3, -0.25) is 19.2 Å². The number of hydrogen-bond donors (Lipinski definition) is 1. The maximum Gasteiger partial charge on any atom is 0.286 e. The van der Waals surface area contributed by atoms with Crippen molar-refractivity contribution in [2.24, 2.45) is 4.36 Å². The Balaban J connectivity index is 1.74. The van der Waals surface area contributed by atoms with Crippen LogP contribution in [0.15, 0.2) is 59.1 Å². The van der Waals surface area contributed by atoms with E-state index in [0.717, 1.165) is 11.1 Å². The molecular weight excluding hydrogens is 557 g/mol.